The molecule has 1 heterocycles. The van der Waals surface area contributed by atoms with Gasteiger partial charge in [-0.2, -0.15) is 0 Å². The highest BCUT2D eigenvalue weighted by atomic mass is 32.1. The van der Waals surface area contributed by atoms with E-state index in [1.807, 2.05) is 38.1 Å². The summed E-state index contributed by atoms with van der Waals surface area (Å²) in [7, 11) is 0. The van der Waals surface area contributed by atoms with Gasteiger partial charge in [-0.25, -0.2) is 0 Å². The lowest BCUT2D eigenvalue weighted by molar-refractivity contribution is 0.504. The Morgan fingerprint density at radius 3 is 2.81 bits per heavy atom. The van der Waals surface area contributed by atoms with E-state index in [2.05, 4.69) is 4.98 Å². The Labute approximate surface area is 98.7 Å². The molecule has 0 saturated carbocycles. The van der Waals surface area contributed by atoms with Gasteiger partial charge in [0.1, 0.15) is 0 Å². The molecule has 0 fully saturated rings. The fourth-order valence-electron chi connectivity index (χ4n) is 1.76. The third-order valence-electron chi connectivity index (χ3n) is 2.87. The topological polar surface area (TPSA) is 37.8 Å². The van der Waals surface area contributed by atoms with E-state index < -0.39 is 0 Å². The quantitative estimate of drug-likeness (QED) is 0.811. The van der Waals surface area contributed by atoms with Gasteiger partial charge in [-0.05, 0) is 37.7 Å². The Morgan fingerprint density at radius 1 is 1.44 bits per heavy atom. The molecule has 1 aromatic heterocycles. The van der Waals surface area contributed by atoms with E-state index in [4.69, 9.17) is 12.2 Å². The molecule has 16 heavy (non-hydrogen) atoms. The normalized spacial score (nSPS) is 12.9. The van der Waals surface area contributed by atoms with Crippen LogP contribution in [0.5, 0.6) is 0 Å². The minimum atomic E-state index is -0.00583. The minimum absolute atomic E-state index is 0.00583. The van der Waals surface area contributed by atoms with E-state index in [1.54, 1.807) is 4.57 Å². The van der Waals surface area contributed by atoms with Gasteiger partial charge in [0.15, 0.2) is 4.77 Å². The minimum Gasteiger partial charge on any atom is -0.332 e. The van der Waals surface area contributed by atoms with E-state index in [0.29, 0.717) is 10.2 Å². The van der Waals surface area contributed by atoms with Gasteiger partial charge in [-0.1, -0.05) is 19.1 Å². The SMILES string of the molecule is CCC(C)n1c(=S)[nH]c2ccccc2c1=O. The van der Waals surface area contributed by atoms with Crippen LogP contribution in [0.2, 0.25) is 0 Å². The lowest BCUT2D eigenvalue weighted by Gasteiger charge is -2.13. The summed E-state index contributed by atoms with van der Waals surface area (Å²) in [6.45, 7) is 4.04. The lowest BCUT2D eigenvalue weighted by atomic mass is 10.2. The third kappa shape index (κ3) is 1.69. The first kappa shape index (κ1) is 11.1. The fourth-order valence-corrected chi connectivity index (χ4v) is 2.13. The summed E-state index contributed by atoms with van der Waals surface area (Å²) in [5, 5.41) is 0.691. The molecule has 1 aromatic carbocycles. The lowest BCUT2D eigenvalue weighted by Crippen LogP contribution is -2.24. The van der Waals surface area contributed by atoms with E-state index in [9.17, 15) is 4.79 Å². The Kier molecular flexibility index (Phi) is 2.92. The van der Waals surface area contributed by atoms with E-state index in [1.165, 1.54) is 0 Å². The van der Waals surface area contributed by atoms with Gasteiger partial charge in [0, 0.05) is 6.04 Å². The second kappa shape index (κ2) is 4.22. The third-order valence-corrected chi connectivity index (χ3v) is 3.17. The molecule has 0 bridgehead atoms. The highest BCUT2D eigenvalue weighted by molar-refractivity contribution is 7.71. The van der Waals surface area contributed by atoms with Gasteiger partial charge in [0.25, 0.3) is 5.56 Å². The monoisotopic (exact) mass is 234 g/mol. The Bertz CT molecular complexity index is 627. The Morgan fingerprint density at radius 2 is 2.12 bits per heavy atom. The first-order chi connectivity index (χ1) is 7.65. The molecule has 2 rings (SSSR count). The predicted molar refractivity (Wildman–Crippen MR) is 68.4 cm³/mol. The van der Waals surface area contributed by atoms with E-state index in [0.717, 1.165) is 11.9 Å². The van der Waals surface area contributed by atoms with Gasteiger partial charge in [0.2, 0.25) is 0 Å². The molecule has 0 radical (unpaired) electrons. The average Bonchev–Trinajstić information content (AvgIpc) is 2.28. The number of rotatable bonds is 2. The van der Waals surface area contributed by atoms with Crippen LogP contribution in [-0.4, -0.2) is 9.55 Å². The molecule has 0 amide bonds. The molecule has 2 aromatic rings. The van der Waals surface area contributed by atoms with E-state index in [-0.39, 0.29) is 11.6 Å². The van der Waals surface area contributed by atoms with Crippen molar-refractivity contribution >= 4 is 23.1 Å². The van der Waals surface area contributed by atoms with Crippen molar-refractivity contribution in [1.82, 2.24) is 9.55 Å². The zero-order chi connectivity index (χ0) is 11.7. The number of nitrogens with zero attached hydrogens (tertiary/aromatic N) is 1. The summed E-state index contributed by atoms with van der Waals surface area (Å²) in [5.74, 6) is 0. The van der Waals surface area contributed by atoms with Crippen LogP contribution in [0.4, 0.5) is 0 Å². The second-order valence-electron chi connectivity index (χ2n) is 3.91. The molecule has 4 heteroatoms. The molecular formula is C12H14N2OS. The number of hydrogen-bond donors (Lipinski definition) is 1. The number of nitrogens with one attached hydrogen (secondary N) is 1. The number of hydrogen-bond acceptors (Lipinski definition) is 2. The van der Waals surface area contributed by atoms with Crippen molar-refractivity contribution in [2.75, 3.05) is 0 Å². The molecule has 0 aliphatic heterocycles. The summed E-state index contributed by atoms with van der Waals surface area (Å²) in [6.07, 6.45) is 0.885. The first-order valence-electron chi connectivity index (χ1n) is 5.38. The van der Waals surface area contributed by atoms with Crippen LogP contribution >= 0.6 is 12.2 Å². The molecule has 1 unspecified atom stereocenters. The maximum absolute atomic E-state index is 12.2. The van der Waals surface area contributed by atoms with Crippen molar-refractivity contribution in [1.29, 1.82) is 0 Å². The molecule has 0 aliphatic carbocycles. The smallest absolute Gasteiger partial charge is 0.262 e. The van der Waals surface area contributed by atoms with E-state index >= 15 is 0 Å². The number of fused-ring (bicyclic) bond motifs is 1. The Balaban J connectivity index is 2.87. The van der Waals surface area contributed by atoms with Gasteiger partial charge in [0.05, 0.1) is 10.9 Å². The highest BCUT2D eigenvalue weighted by Gasteiger charge is 2.09. The van der Waals surface area contributed by atoms with Crippen molar-refractivity contribution < 1.29 is 0 Å². The summed E-state index contributed by atoms with van der Waals surface area (Å²) in [4.78, 5) is 15.3. The molecule has 3 nitrogen and oxygen atoms in total. The fraction of sp³-hybridized carbons (Fsp3) is 0.333. The van der Waals surface area contributed by atoms with Crippen LogP contribution in [0.3, 0.4) is 0 Å². The summed E-state index contributed by atoms with van der Waals surface area (Å²) in [5.41, 5.74) is 0.797. The maximum Gasteiger partial charge on any atom is 0.262 e. The molecule has 1 N–H and O–H groups in total. The van der Waals surface area contributed by atoms with Crippen LogP contribution in [0.25, 0.3) is 10.9 Å². The number of aromatic amines is 1. The number of benzene rings is 1. The first-order valence-corrected chi connectivity index (χ1v) is 5.79. The largest absolute Gasteiger partial charge is 0.332 e. The van der Waals surface area contributed by atoms with Crippen LogP contribution < -0.4 is 5.56 Å². The van der Waals surface area contributed by atoms with Crippen LogP contribution in [0, 0.1) is 4.77 Å². The summed E-state index contributed by atoms with van der Waals surface area (Å²) in [6, 6.07) is 7.57. The molecule has 0 aliphatic rings. The molecule has 0 saturated heterocycles. The average molecular weight is 234 g/mol. The maximum atomic E-state index is 12.2. The number of aromatic nitrogens is 2. The van der Waals surface area contributed by atoms with Crippen molar-refractivity contribution in [3.8, 4) is 0 Å². The molecule has 1 atom stereocenters. The van der Waals surface area contributed by atoms with Gasteiger partial charge in [-0.3, -0.25) is 9.36 Å². The van der Waals surface area contributed by atoms with Gasteiger partial charge in [-0.15, -0.1) is 0 Å². The number of para-hydroxylation sites is 1. The van der Waals surface area contributed by atoms with Crippen LogP contribution in [0.15, 0.2) is 29.1 Å². The molecule has 84 valence electrons. The summed E-state index contributed by atoms with van der Waals surface area (Å²) < 4.78 is 2.15. The molecular weight excluding hydrogens is 220 g/mol. The zero-order valence-corrected chi connectivity index (χ0v) is 10.2. The standard InChI is InChI=1S/C12H14N2OS/c1-3-8(2)14-11(15)9-6-4-5-7-10(9)13-12(14)16/h4-8H,3H2,1-2H3,(H,13,16). The Hall–Kier alpha value is -1.42. The summed E-state index contributed by atoms with van der Waals surface area (Å²) >= 11 is 5.22. The van der Waals surface area contributed by atoms with Crippen LogP contribution in [-0.2, 0) is 0 Å². The van der Waals surface area contributed by atoms with Gasteiger partial charge >= 0.3 is 0 Å². The zero-order valence-electron chi connectivity index (χ0n) is 9.36. The van der Waals surface area contributed by atoms with Crippen molar-refractivity contribution in [2.45, 2.75) is 26.3 Å². The highest BCUT2D eigenvalue weighted by Crippen LogP contribution is 2.11. The van der Waals surface area contributed by atoms with Crippen LogP contribution in [0.1, 0.15) is 26.3 Å². The second-order valence-corrected chi connectivity index (χ2v) is 4.29. The predicted octanol–water partition coefficient (Wildman–Crippen LogP) is 3.03. The van der Waals surface area contributed by atoms with Crippen molar-refractivity contribution in [3.63, 3.8) is 0 Å². The van der Waals surface area contributed by atoms with Gasteiger partial charge < -0.3 is 4.98 Å². The molecule has 0 spiro atoms. The number of H-pyrrole nitrogens is 1. The van der Waals surface area contributed by atoms with Crippen molar-refractivity contribution in [2.24, 2.45) is 0 Å². The van der Waals surface area contributed by atoms with Crippen molar-refractivity contribution in [3.05, 3.63) is 39.4 Å².